The zero-order valence-corrected chi connectivity index (χ0v) is 14.7. The van der Waals surface area contributed by atoms with Gasteiger partial charge in [0.05, 0.1) is 24.3 Å². The Hall–Kier alpha value is -2.36. The van der Waals surface area contributed by atoms with Gasteiger partial charge in [-0.3, -0.25) is 0 Å². The molecule has 0 amide bonds. The Bertz CT molecular complexity index is 731. The van der Waals surface area contributed by atoms with E-state index < -0.39 is 11.9 Å². The smallest absolute Gasteiger partial charge is 0.339 e. The third kappa shape index (κ3) is 4.34. The highest BCUT2D eigenvalue weighted by Gasteiger charge is 2.22. The molecule has 0 aliphatic carbocycles. The van der Waals surface area contributed by atoms with Gasteiger partial charge in [-0.1, -0.05) is 58.0 Å². The van der Waals surface area contributed by atoms with E-state index in [9.17, 15) is 9.59 Å². The molecule has 0 aliphatic heterocycles. The Kier molecular flexibility index (Phi) is 5.96. The van der Waals surface area contributed by atoms with Crippen molar-refractivity contribution in [3.05, 3.63) is 47.5 Å². The van der Waals surface area contributed by atoms with E-state index in [1.54, 1.807) is 6.07 Å². The number of esters is 2. The Morgan fingerprint density at radius 1 is 0.833 bits per heavy atom. The number of carbonyl (C=O) groups excluding carboxylic acids is 2. The van der Waals surface area contributed by atoms with E-state index in [-0.39, 0.29) is 23.0 Å². The Balaban J connectivity index is 2.44. The summed E-state index contributed by atoms with van der Waals surface area (Å²) in [5.74, 6) is -0.533. The number of fused-ring (bicyclic) bond motifs is 1. The molecule has 0 N–H and O–H groups in total. The van der Waals surface area contributed by atoms with Gasteiger partial charge in [0.25, 0.3) is 0 Å². The van der Waals surface area contributed by atoms with E-state index in [2.05, 4.69) is 0 Å². The molecule has 0 atom stereocenters. The summed E-state index contributed by atoms with van der Waals surface area (Å²) in [6, 6.07) is 10.9. The van der Waals surface area contributed by atoms with E-state index in [1.807, 2.05) is 58.0 Å². The fraction of sp³-hybridized carbons (Fsp3) is 0.400. The van der Waals surface area contributed by atoms with E-state index in [1.165, 1.54) is 0 Å². The van der Waals surface area contributed by atoms with Gasteiger partial charge in [-0.2, -0.15) is 0 Å². The summed E-state index contributed by atoms with van der Waals surface area (Å²) in [6.45, 7) is 8.48. The van der Waals surface area contributed by atoms with Gasteiger partial charge in [0, 0.05) is 0 Å². The summed E-state index contributed by atoms with van der Waals surface area (Å²) < 4.78 is 10.7. The van der Waals surface area contributed by atoms with Crippen molar-refractivity contribution in [3.8, 4) is 0 Å². The Labute approximate surface area is 142 Å². The van der Waals surface area contributed by atoms with Crippen molar-refractivity contribution in [2.45, 2.75) is 27.7 Å². The summed E-state index contributed by atoms with van der Waals surface area (Å²) in [4.78, 5) is 25.0. The van der Waals surface area contributed by atoms with Crippen LogP contribution in [0.2, 0.25) is 0 Å². The van der Waals surface area contributed by atoms with Crippen molar-refractivity contribution in [1.29, 1.82) is 0 Å². The maximum atomic E-state index is 12.6. The van der Waals surface area contributed by atoms with Gasteiger partial charge in [0.2, 0.25) is 0 Å². The molecule has 0 saturated carbocycles. The van der Waals surface area contributed by atoms with Crippen molar-refractivity contribution >= 4 is 22.7 Å². The van der Waals surface area contributed by atoms with Gasteiger partial charge in [0.1, 0.15) is 0 Å². The summed E-state index contributed by atoms with van der Waals surface area (Å²) in [5, 5.41) is 1.58. The molecule has 0 fully saturated rings. The third-order valence-electron chi connectivity index (χ3n) is 3.45. The molecule has 128 valence electrons. The lowest BCUT2D eigenvalue weighted by Gasteiger charge is -2.14. The summed E-state index contributed by atoms with van der Waals surface area (Å²) >= 11 is 0. The standard InChI is InChI=1S/C20H24O4/c1-13(2)11-23-19(21)17-10-9-15-7-5-6-8-16(15)18(17)20(22)24-12-14(3)4/h5-10,13-14H,11-12H2,1-4H3. The second-order valence-corrected chi connectivity index (χ2v) is 6.69. The van der Waals surface area contributed by atoms with Crippen LogP contribution in [0.3, 0.4) is 0 Å². The van der Waals surface area contributed by atoms with E-state index >= 15 is 0 Å². The zero-order valence-electron chi connectivity index (χ0n) is 14.7. The van der Waals surface area contributed by atoms with Gasteiger partial charge in [-0.15, -0.1) is 0 Å². The van der Waals surface area contributed by atoms with Gasteiger partial charge in [-0.25, -0.2) is 9.59 Å². The number of ether oxygens (including phenoxy) is 2. The number of rotatable bonds is 6. The maximum Gasteiger partial charge on any atom is 0.339 e. The minimum absolute atomic E-state index is 0.222. The number of hydrogen-bond donors (Lipinski definition) is 0. The third-order valence-corrected chi connectivity index (χ3v) is 3.45. The summed E-state index contributed by atoms with van der Waals surface area (Å²) in [7, 11) is 0. The summed E-state index contributed by atoms with van der Waals surface area (Å²) in [5.41, 5.74) is 0.533. The zero-order chi connectivity index (χ0) is 17.7. The van der Waals surface area contributed by atoms with Crippen molar-refractivity contribution in [2.24, 2.45) is 11.8 Å². The van der Waals surface area contributed by atoms with E-state index in [0.29, 0.717) is 18.6 Å². The highest BCUT2D eigenvalue weighted by Crippen LogP contribution is 2.24. The molecule has 2 rings (SSSR count). The average molecular weight is 328 g/mol. The molecule has 0 heterocycles. The molecular weight excluding hydrogens is 304 g/mol. The first-order valence-corrected chi connectivity index (χ1v) is 8.26. The van der Waals surface area contributed by atoms with Crippen LogP contribution < -0.4 is 0 Å². The molecular formula is C20H24O4. The number of hydrogen-bond acceptors (Lipinski definition) is 4. The first kappa shape index (κ1) is 18.0. The van der Waals surface area contributed by atoms with Gasteiger partial charge >= 0.3 is 11.9 Å². The minimum atomic E-state index is -0.494. The highest BCUT2D eigenvalue weighted by atomic mass is 16.5. The van der Waals surface area contributed by atoms with Gasteiger partial charge in [-0.05, 0) is 28.7 Å². The Morgan fingerprint density at radius 2 is 1.42 bits per heavy atom. The first-order valence-electron chi connectivity index (χ1n) is 8.26. The monoisotopic (exact) mass is 328 g/mol. The van der Waals surface area contributed by atoms with Crippen LogP contribution in [0.5, 0.6) is 0 Å². The first-order chi connectivity index (χ1) is 11.4. The van der Waals surface area contributed by atoms with E-state index in [4.69, 9.17) is 9.47 Å². The van der Waals surface area contributed by atoms with Crippen LogP contribution in [0.4, 0.5) is 0 Å². The van der Waals surface area contributed by atoms with Crippen molar-refractivity contribution in [3.63, 3.8) is 0 Å². The van der Waals surface area contributed by atoms with Crippen LogP contribution in [-0.4, -0.2) is 25.2 Å². The largest absolute Gasteiger partial charge is 0.462 e. The fourth-order valence-electron chi connectivity index (χ4n) is 2.30. The molecule has 0 spiro atoms. The molecule has 0 unspecified atom stereocenters. The lowest BCUT2D eigenvalue weighted by Crippen LogP contribution is -2.17. The molecule has 2 aromatic carbocycles. The normalized spacial score (nSPS) is 11.1. The molecule has 24 heavy (non-hydrogen) atoms. The van der Waals surface area contributed by atoms with Crippen LogP contribution in [0.15, 0.2) is 36.4 Å². The number of benzene rings is 2. The van der Waals surface area contributed by atoms with E-state index in [0.717, 1.165) is 5.39 Å². The van der Waals surface area contributed by atoms with Crippen LogP contribution in [0, 0.1) is 11.8 Å². The molecule has 4 heteroatoms. The Morgan fingerprint density at radius 3 is 2.04 bits per heavy atom. The topological polar surface area (TPSA) is 52.6 Å². The van der Waals surface area contributed by atoms with Crippen LogP contribution in [-0.2, 0) is 9.47 Å². The van der Waals surface area contributed by atoms with Gasteiger partial charge in [0.15, 0.2) is 0 Å². The van der Waals surface area contributed by atoms with Crippen molar-refractivity contribution < 1.29 is 19.1 Å². The minimum Gasteiger partial charge on any atom is -0.462 e. The van der Waals surface area contributed by atoms with Crippen LogP contribution in [0.1, 0.15) is 48.4 Å². The quantitative estimate of drug-likeness (QED) is 0.734. The average Bonchev–Trinajstić information content (AvgIpc) is 2.56. The summed E-state index contributed by atoms with van der Waals surface area (Å²) in [6.07, 6.45) is 0. The number of carbonyl (C=O) groups is 2. The lowest BCUT2D eigenvalue weighted by atomic mass is 9.99. The predicted octanol–water partition coefficient (Wildman–Crippen LogP) is 4.47. The lowest BCUT2D eigenvalue weighted by molar-refractivity contribution is 0.0414. The predicted molar refractivity (Wildman–Crippen MR) is 94.2 cm³/mol. The molecule has 0 aromatic heterocycles. The molecule has 0 bridgehead atoms. The molecule has 2 aromatic rings. The van der Waals surface area contributed by atoms with Crippen LogP contribution in [0.25, 0.3) is 10.8 Å². The van der Waals surface area contributed by atoms with Crippen molar-refractivity contribution in [2.75, 3.05) is 13.2 Å². The molecule has 0 radical (unpaired) electrons. The van der Waals surface area contributed by atoms with Gasteiger partial charge < -0.3 is 9.47 Å². The SMILES string of the molecule is CC(C)COC(=O)c1ccc2ccccc2c1C(=O)OCC(C)C. The van der Waals surface area contributed by atoms with Crippen LogP contribution >= 0.6 is 0 Å². The molecule has 0 saturated heterocycles. The van der Waals surface area contributed by atoms with Crippen molar-refractivity contribution in [1.82, 2.24) is 0 Å². The molecule has 4 nitrogen and oxygen atoms in total. The maximum absolute atomic E-state index is 12.6. The molecule has 0 aliphatic rings. The second-order valence-electron chi connectivity index (χ2n) is 6.69. The second kappa shape index (κ2) is 7.95. The highest BCUT2D eigenvalue weighted by molar-refractivity contribution is 6.12. The fourth-order valence-corrected chi connectivity index (χ4v) is 2.30.